The normalized spacial score (nSPS) is 17.6. The van der Waals surface area contributed by atoms with E-state index < -0.39 is 0 Å². The molecule has 1 unspecified atom stereocenters. The lowest BCUT2D eigenvalue weighted by molar-refractivity contribution is -0.149. The van der Waals surface area contributed by atoms with Crippen molar-refractivity contribution in [2.24, 2.45) is 10.8 Å². The molecule has 0 spiro atoms. The molecule has 0 aromatic heterocycles. The minimum absolute atomic E-state index is 0.236. The van der Waals surface area contributed by atoms with Crippen LogP contribution in [0.25, 0.3) is 0 Å². The summed E-state index contributed by atoms with van der Waals surface area (Å²) in [6.07, 6.45) is 4.23. The van der Waals surface area contributed by atoms with Gasteiger partial charge in [-0.2, -0.15) is 0 Å². The van der Waals surface area contributed by atoms with E-state index in [1.807, 2.05) is 33.8 Å². The lowest BCUT2D eigenvalue weighted by Gasteiger charge is -2.19. The Labute approximate surface area is 150 Å². The number of carbonyl (C=O) groups excluding carboxylic acids is 1. The maximum absolute atomic E-state index is 11.1. The lowest BCUT2D eigenvalue weighted by atomic mass is 9.93. The predicted molar refractivity (Wildman–Crippen MR) is 104 cm³/mol. The van der Waals surface area contributed by atoms with Gasteiger partial charge in [0.05, 0.1) is 12.7 Å². The van der Waals surface area contributed by atoms with Crippen molar-refractivity contribution in [1.29, 1.82) is 0 Å². The van der Waals surface area contributed by atoms with Crippen molar-refractivity contribution < 1.29 is 14.3 Å². The molecule has 1 aliphatic heterocycles. The van der Waals surface area contributed by atoms with Crippen molar-refractivity contribution in [3.8, 4) is 0 Å². The summed E-state index contributed by atoms with van der Waals surface area (Å²) in [7, 11) is 0. The topological polar surface area (TPSA) is 38.8 Å². The van der Waals surface area contributed by atoms with Gasteiger partial charge in [0.2, 0.25) is 0 Å². The number of carbonyl (C=O) groups is 1. The zero-order chi connectivity index (χ0) is 19.8. The molecular formula is C21H40O3. The molecule has 0 aromatic carbocycles. The molecule has 1 saturated heterocycles. The fourth-order valence-electron chi connectivity index (χ4n) is 1.02. The second-order valence-electron chi connectivity index (χ2n) is 9.23. The predicted octanol–water partition coefficient (Wildman–Crippen LogP) is 5.94. The summed E-state index contributed by atoms with van der Waals surface area (Å²) < 4.78 is 10.2. The zero-order valence-corrected chi connectivity index (χ0v) is 17.9. The number of hydrogen-bond acceptors (Lipinski definition) is 3. The highest BCUT2D eigenvalue weighted by molar-refractivity contribution is 5.87. The van der Waals surface area contributed by atoms with Crippen molar-refractivity contribution >= 4 is 5.97 Å². The maximum Gasteiger partial charge on any atom is 0.333 e. The summed E-state index contributed by atoms with van der Waals surface area (Å²) in [6.45, 7) is 26.7. The van der Waals surface area contributed by atoms with E-state index in [-0.39, 0.29) is 11.6 Å². The van der Waals surface area contributed by atoms with Crippen LogP contribution in [0.15, 0.2) is 24.3 Å². The largest absolute Gasteiger partial charge is 0.457 e. The van der Waals surface area contributed by atoms with Crippen molar-refractivity contribution in [2.45, 2.75) is 87.9 Å². The molecule has 0 radical (unpaired) electrons. The molecule has 1 fully saturated rings. The highest BCUT2D eigenvalue weighted by atomic mass is 16.6. The fourth-order valence-corrected chi connectivity index (χ4v) is 1.02. The van der Waals surface area contributed by atoms with E-state index in [9.17, 15) is 4.79 Å². The summed E-state index contributed by atoms with van der Waals surface area (Å²) in [6, 6.07) is 0. The molecule has 1 rings (SSSR count). The van der Waals surface area contributed by atoms with Crippen LogP contribution in [0.3, 0.4) is 0 Å². The summed E-state index contributed by atoms with van der Waals surface area (Å²) in [5.74, 6) is -0.236. The van der Waals surface area contributed by atoms with E-state index in [4.69, 9.17) is 9.47 Å². The Kier molecular flexibility index (Phi) is 10.5. The van der Waals surface area contributed by atoms with Crippen LogP contribution in [0.1, 0.15) is 76.2 Å². The van der Waals surface area contributed by atoms with Gasteiger partial charge in [-0.1, -0.05) is 53.7 Å². The first-order valence-corrected chi connectivity index (χ1v) is 8.65. The maximum atomic E-state index is 11.1. The SMILES string of the molecule is C/C=C(\C)C(=O)OC(C)(C)C.C=CC(C)(C)C.CC(C)(C)C1CO1. The average molecular weight is 341 g/mol. The summed E-state index contributed by atoms with van der Waals surface area (Å²) >= 11 is 0. The second kappa shape index (κ2) is 10.0. The second-order valence-corrected chi connectivity index (χ2v) is 9.23. The molecule has 0 saturated carbocycles. The Bertz CT molecular complexity index is 408. The minimum atomic E-state index is -0.388. The van der Waals surface area contributed by atoms with Gasteiger partial charge < -0.3 is 9.47 Å². The highest BCUT2D eigenvalue weighted by Crippen LogP contribution is 2.30. The van der Waals surface area contributed by atoms with Gasteiger partial charge in [0.25, 0.3) is 0 Å². The van der Waals surface area contributed by atoms with E-state index in [1.165, 1.54) is 0 Å². The third-order valence-corrected chi connectivity index (χ3v) is 3.07. The van der Waals surface area contributed by atoms with Crippen molar-refractivity contribution in [3.05, 3.63) is 24.3 Å². The molecule has 1 atom stereocenters. The van der Waals surface area contributed by atoms with E-state index >= 15 is 0 Å². The molecule has 3 nitrogen and oxygen atoms in total. The van der Waals surface area contributed by atoms with Gasteiger partial charge in [0, 0.05) is 5.57 Å². The van der Waals surface area contributed by atoms with E-state index in [1.54, 1.807) is 13.0 Å². The molecule has 1 aliphatic rings. The van der Waals surface area contributed by atoms with Crippen LogP contribution in [0.5, 0.6) is 0 Å². The van der Waals surface area contributed by atoms with Crippen molar-refractivity contribution in [1.82, 2.24) is 0 Å². The Hall–Kier alpha value is -1.09. The van der Waals surface area contributed by atoms with E-state index in [0.29, 0.717) is 22.5 Å². The first-order valence-electron chi connectivity index (χ1n) is 8.65. The number of allylic oxidation sites excluding steroid dienone is 2. The molecule has 0 amide bonds. The fraction of sp³-hybridized carbons (Fsp3) is 0.762. The molecule has 142 valence electrons. The first kappa shape index (κ1) is 25.2. The Morgan fingerprint density at radius 1 is 1.08 bits per heavy atom. The summed E-state index contributed by atoms with van der Waals surface area (Å²) in [5, 5.41) is 0. The molecule has 0 bridgehead atoms. The average Bonchev–Trinajstić information content (AvgIpc) is 3.20. The molecule has 0 N–H and O–H groups in total. The van der Waals surface area contributed by atoms with Gasteiger partial charge in [0.15, 0.2) is 0 Å². The van der Waals surface area contributed by atoms with Gasteiger partial charge in [-0.25, -0.2) is 4.79 Å². The van der Waals surface area contributed by atoms with Gasteiger partial charge in [-0.3, -0.25) is 0 Å². The number of hydrogen-bond donors (Lipinski definition) is 0. The molecule has 0 aromatic rings. The third kappa shape index (κ3) is 17.3. The highest BCUT2D eigenvalue weighted by Gasteiger charge is 2.35. The Balaban J connectivity index is 0. The molecule has 0 aliphatic carbocycles. The standard InChI is InChI=1S/C9H16O2.C6H12O.C6H12/c1-6-7(2)8(10)11-9(3,4)5;1-6(2,3)5-4-7-5;1-5-6(2,3)4/h6H,1-5H3;5H,4H2,1-3H3;5H,1H2,2-4H3/b7-6+;;. The quantitative estimate of drug-likeness (QED) is 0.256. The molecular weight excluding hydrogens is 300 g/mol. The Morgan fingerprint density at radius 2 is 1.46 bits per heavy atom. The van der Waals surface area contributed by atoms with Crippen LogP contribution in [0.4, 0.5) is 0 Å². The van der Waals surface area contributed by atoms with E-state index in [0.717, 1.165) is 6.61 Å². The van der Waals surface area contributed by atoms with Crippen LogP contribution in [0.2, 0.25) is 0 Å². The van der Waals surface area contributed by atoms with Crippen molar-refractivity contribution in [3.63, 3.8) is 0 Å². The van der Waals surface area contributed by atoms with Gasteiger partial charge >= 0.3 is 5.97 Å². The monoisotopic (exact) mass is 340 g/mol. The summed E-state index contributed by atoms with van der Waals surface area (Å²) in [4.78, 5) is 11.1. The van der Waals surface area contributed by atoms with Crippen LogP contribution in [0, 0.1) is 10.8 Å². The first-order chi connectivity index (χ1) is 10.5. The number of ether oxygens (including phenoxy) is 2. The molecule has 24 heavy (non-hydrogen) atoms. The number of rotatable bonds is 1. The van der Waals surface area contributed by atoms with Gasteiger partial charge in [-0.15, -0.1) is 6.58 Å². The Morgan fingerprint density at radius 3 is 1.58 bits per heavy atom. The third-order valence-electron chi connectivity index (χ3n) is 3.07. The summed E-state index contributed by atoms with van der Waals surface area (Å²) in [5.41, 5.74) is 0.960. The van der Waals surface area contributed by atoms with Crippen LogP contribution in [-0.2, 0) is 14.3 Å². The van der Waals surface area contributed by atoms with E-state index in [2.05, 4.69) is 48.1 Å². The minimum Gasteiger partial charge on any atom is -0.457 e. The molecule has 1 heterocycles. The van der Waals surface area contributed by atoms with Crippen LogP contribution < -0.4 is 0 Å². The van der Waals surface area contributed by atoms with Crippen LogP contribution >= 0.6 is 0 Å². The van der Waals surface area contributed by atoms with Crippen LogP contribution in [-0.4, -0.2) is 24.3 Å². The lowest BCUT2D eigenvalue weighted by Crippen LogP contribution is -2.24. The van der Waals surface area contributed by atoms with Crippen molar-refractivity contribution in [2.75, 3.05) is 6.61 Å². The molecule has 3 heteroatoms. The number of epoxide rings is 1. The van der Waals surface area contributed by atoms with Gasteiger partial charge in [0.1, 0.15) is 5.60 Å². The van der Waals surface area contributed by atoms with Gasteiger partial charge in [-0.05, 0) is 45.4 Å². The zero-order valence-electron chi connectivity index (χ0n) is 17.9. The smallest absolute Gasteiger partial charge is 0.333 e. The number of esters is 1.